The molecule has 0 radical (unpaired) electrons. The van der Waals surface area contributed by atoms with Crippen molar-refractivity contribution in [3.05, 3.63) is 58.6 Å². The van der Waals surface area contributed by atoms with Crippen LogP contribution in [0, 0.1) is 5.92 Å². The largest absolute Gasteiger partial charge is 0.490 e. The first-order valence-electron chi connectivity index (χ1n) is 11.2. The van der Waals surface area contributed by atoms with Crippen LogP contribution in [0.2, 0.25) is 5.02 Å². The summed E-state index contributed by atoms with van der Waals surface area (Å²) >= 11 is 5.87. The van der Waals surface area contributed by atoms with Crippen LogP contribution < -0.4 is 14.8 Å². The number of carbonyl (C=O) groups excluding carboxylic acids is 1. The van der Waals surface area contributed by atoms with E-state index in [4.69, 9.17) is 21.1 Å². The summed E-state index contributed by atoms with van der Waals surface area (Å²) < 4.78 is 38.2. The van der Waals surface area contributed by atoms with Gasteiger partial charge < -0.3 is 14.8 Å². The minimum absolute atomic E-state index is 0.0587. The second-order valence-corrected chi connectivity index (χ2v) is 10.3. The number of rotatable bonds is 10. The Kier molecular flexibility index (Phi) is 9.00. The van der Waals surface area contributed by atoms with Crippen LogP contribution in [0.3, 0.4) is 0 Å². The quantitative estimate of drug-likeness (QED) is 0.539. The number of amides is 1. The second kappa shape index (κ2) is 11.7. The van der Waals surface area contributed by atoms with Crippen molar-refractivity contribution >= 4 is 27.5 Å². The molecular weight excluding hydrogens is 464 g/mol. The van der Waals surface area contributed by atoms with E-state index in [0.29, 0.717) is 67.8 Å². The predicted molar refractivity (Wildman–Crippen MR) is 129 cm³/mol. The fraction of sp³-hybridized carbons (Fsp3) is 0.458. The van der Waals surface area contributed by atoms with Gasteiger partial charge in [0.25, 0.3) is 0 Å². The fourth-order valence-corrected chi connectivity index (χ4v) is 5.51. The lowest BCUT2D eigenvalue weighted by molar-refractivity contribution is -0.126. The van der Waals surface area contributed by atoms with Crippen LogP contribution in [0.5, 0.6) is 11.5 Å². The summed E-state index contributed by atoms with van der Waals surface area (Å²) in [5.74, 6) is 1.01. The lowest BCUT2D eigenvalue weighted by Crippen LogP contribution is -2.43. The number of benzene rings is 2. The molecule has 2 aromatic carbocycles. The van der Waals surface area contributed by atoms with E-state index in [1.807, 2.05) is 32.0 Å². The zero-order chi connectivity index (χ0) is 23.8. The molecule has 9 heteroatoms. The Morgan fingerprint density at radius 1 is 1.00 bits per heavy atom. The van der Waals surface area contributed by atoms with Crippen LogP contribution in [-0.4, -0.2) is 44.9 Å². The second-order valence-electron chi connectivity index (χ2n) is 7.92. The Labute approximate surface area is 201 Å². The van der Waals surface area contributed by atoms with Gasteiger partial charge in [-0.05, 0) is 62.1 Å². The average Bonchev–Trinajstić information content (AvgIpc) is 2.81. The molecule has 1 aliphatic rings. The maximum Gasteiger partial charge on any atom is 0.223 e. The van der Waals surface area contributed by atoms with Crippen molar-refractivity contribution < 1.29 is 22.7 Å². The topological polar surface area (TPSA) is 84.9 Å². The Morgan fingerprint density at radius 2 is 1.61 bits per heavy atom. The number of nitrogens with zero attached hydrogens (tertiary/aromatic N) is 1. The molecular formula is C24H31ClN2O5S. The smallest absolute Gasteiger partial charge is 0.223 e. The Balaban J connectivity index is 1.51. The van der Waals surface area contributed by atoms with Gasteiger partial charge in [0, 0.05) is 30.6 Å². The molecule has 3 rings (SSSR count). The number of hydrogen-bond acceptors (Lipinski definition) is 5. The highest BCUT2D eigenvalue weighted by atomic mass is 35.5. The molecule has 0 spiro atoms. The Morgan fingerprint density at radius 3 is 2.24 bits per heavy atom. The molecule has 7 nitrogen and oxygen atoms in total. The molecule has 1 aliphatic heterocycles. The van der Waals surface area contributed by atoms with Crippen LogP contribution >= 0.6 is 11.6 Å². The molecule has 1 fully saturated rings. The number of nitrogens with one attached hydrogen (secondary N) is 1. The van der Waals surface area contributed by atoms with Crippen molar-refractivity contribution in [2.24, 2.45) is 5.92 Å². The molecule has 0 saturated carbocycles. The third-order valence-electron chi connectivity index (χ3n) is 5.55. The highest BCUT2D eigenvalue weighted by Crippen LogP contribution is 2.29. The lowest BCUT2D eigenvalue weighted by atomic mass is 9.97. The summed E-state index contributed by atoms with van der Waals surface area (Å²) in [5.41, 5.74) is 1.61. The molecule has 1 saturated heterocycles. The van der Waals surface area contributed by atoms with Crippen molar-refractivity contribution in [3.63, 3.8) is 0 Å². The summed E-state index contributed by atoms with van der Waals surface area (Å²) in [5, 5.41) is 3.54. The normalized spacial score (nSPS) is 15.2. The van der Waals surface area contributed by atoms with E-state index < -0.39 is 10.0 Å². The third-order valence-corrected chi connectivity index (χ3v) is 7.66. The van der Waals surface area contributed by atoms with Crippen molar-refractivity contribution in [1.82, 2.24) is 9.62 Å². The molecule has 1 amide bonds. The van der Waals surface area contributed by atoms with E-state index in [2.05, 4.69) is 5.32 Å². The summed E-state index contributed by atoms with van der Waals surface area (Å²) in [6, 6.07) is 12.4. The molecule has 1 N–H and O–H groups in total. The molecule has 0 aromatic heterocycles. The van der Waals surface area contributed by atoms with Gasteiger partial charge in [-0.1, -0.05) is 29.8 Å². The SMILES string of the molecule is CCOc1ccc(CNC(=O)C2CCN(S(=O)(=O)Cc3ccc(Cl)cc3)CC2)cc1OCC. The van der Waals surface area contributed by atoms with Crippen LogP contribution in [0.4, 0.5) is 0 Å². The highest BCUT2D eigenvalue weighted by Gasteiger charge is 2.31. The molecule has 33 heavy (non-hydrogen) atoms. The lowest BCUT2D eigenvalue weighted by Gasteiger charge is -2.30. The van der Waals surface area contributed by atoms with E-state index in [1.165, 1.54) is 4.31 Å². The predicted octanol–water partition coefficient (Wildman–Crippen LogP) is 4.00. The number of piperidine rings is 1. The first-order valence-corrected chi connectivity index (χ1v) is 13.2. The van der Waals surface area contributed by atoms with Crippen molar-refractivity contribution in [3.8, 4) is 11.5 Å². The van der Waals surface area contributed by atoms with Gasteiger partial charge in [-0.2, -0.15) is 0 Å². The number of carbonyl (C=O) groups is 1. The fourth-order valence-electron chi connectivity index (χ4n) is 3.82. The molecule has 0 aliphatic carbocycles. The van der Waals surface area contributed by atoms with E-state index in [1.54, 1.807) is 24.3 Å². The van der Waals surface area contributed by atoms with Gasteiger partial charge in [0.05, 0.1) is 19.0 Å². The van der Waals surface area contributed by atoms with Gasteiger partial charge in [0.2, 0.25) is 15.9 Å². The monoisotopic (exact) mass is 494 g/mol. The van der Waals surface area contributed by atoms with Gasteiger partial charge in [-0.15, -0.1) is 0 Å². The zero-order valence-electron chi connectivity index (χ0n) is 19.1. The van der Waals surface area contributed by atoms with E-state index in [0.717, 1.165) is 5.56 Å². The van der Waals surface area contributed by atoms with Crippen molar-refractivity contribution in [1.29, 1.82) is 0 Å². The van der Waals surface area contributed by atoms with Gasteiger partial charge in [0.1, 0.15) is 0 Å². The molecule has 2 aromatic rings. The molecule has 0 unspecified atom stereocenters. The number of hydrogen-bond donors (Lipinski definition) is 1. The molecule has 1 heterocycles. The molecule has 0 bridgehead atoms. The Hall–Kier alpha value is -2.29. The first-order chi connectivity index (χ1) is 15.8. The third kappa shape index (κ3) is 7.09. The van der Waals surface area contributed by atoms with Crippen molar-refractivity contribution in [2.45, 2.75) is 39.0 Å². The standard InChI is InChI=1S/C24H31ClN2O5S/c1-3-31-22-10-7-19(15-23(22)32-4-2)16-26-24(28)20-11-13-27(14-12-20)33(29,30)17-18-5-8-21(25)9-6-18/h5-10,15,20H,3-4,11-14,16-17H2,1-2H3,(H,26,28). The minimum Gasteiger partial charge on any atom is -0.490 e. The van der Waals surface area contributed by atoms with E-state index in [9.17, 15) is 13.2 Å². The first kappa shape index (κ1) is 25.3. The molecule has 0 atom stereocenters. The zero-order valence-corrected chi connectivity index (χ0v) is 20.6. The van der Waals surface area contributed by atoms with Crippen molar-refractivity contribution in [2.75, 3.05) is 26.3 Å². The van der Waals surface area contributed by atoms with Gasteiger partial charge in [0.15, 0.2) is 11.5 Å². The van der Waals surface area contributed by atoms with Crippen LogP contribution in [-0.2, 0) is 27.1 Å². The highest BCUT2D eigenvalue weighted by molar-refractivity contribution is 7.88. The van der Waals surface area contributed by atoms with E-state index >= 15 is 0 Å². The van der Waals surface area contributed by atoms with Gasteiger partial charge in [-0.25, -0.2) is 12.7 Å². The Bertz CT molecular complexity index is 1040. The van der Waals surface area contributed by atoms with E-state index in [-0.39, 0.29) is 17.6 Å². The number of sulfonamides is 1. The maximum absolute atomic E-state index is 12.8. The molecule has 180 valence electrons. The average molecular weight is 495 g/mol. The van der Waals surface area contributed by atoms with Crippen LogP contribution in [0.25, 0.3) is 0 Å². The van der Waals surface area contributed by atoms with Gasteiger partial charge >= 0.3 is 0 Å². The minimum atomic E-state index is -3.44. The number of ether oxygens (including phenoxy) is 2. The van der Waals surface area contributed by atoms with Gasteiger partial charge in [-0.3, -0.25) is 4.79 Å². The summed E-state index contributed by atoms with van der Waals surface area (Å²) in [6.07, 6.45) is 0.998. The summed E-state index contributed by atoms with van der Waals surface area (Å²) in [4.78, 5) is 12.7. The number of halogens is 1. The van der Waals surface area contributed by atoms with Crippen LogP contribution in [0.1, 0.15) is 37.8 Å². The summed E-state index contributed by atoms with van der Waals surface area (Å²) in [7, 11) is -3.44. The summed E-state index contributed by atoms with van der Waals surface area (Å²) in [6.45, 7) is 5.95. The van der Waals surface area contributed by atoms with Crippen LogP contribution in [0.15, 0.2) is 42.5 Å². The maximum atomic E-state index is 12.8.